The van der Waals surface area contributed by atoms with E-state index in [1.807, 2.05) is 18.7 Å². The predicted molar refractivity (Wildman–Crippen MR) is 74.8 cm³/mol. The number of carbonyl (C=O) groups is 1. The van der Waals surface area contributed by atoms with E-state index in [0.717, 1.165) is 6.42 Å². The highest BCUT2D eigenvalue weighted by molar-refractivity contribution is 6.28. The van der Waals surface area contributed by atoms with Crippen LogP contribution in [0.4, 0.5) is 5.95 Å². The standard InChI is InChI=1S/C12H18ClN5O2/c1-3-6-20-11-16-9(13)15-10(17-11)18-5-4-12(2,7-18)8(14)19/h3-7H2,1-2H3,(H2,14,19). The number of amides is 1. The Labute approximate surface area is 122 Å². The lowest BCUT2D eigenvalue weighted by Crippen LogP contribution is -2.37. The first-order valence-corrected chi connectivity index (χ1v) is 6.91. The molecule has 1 fully saturated rings. The van der Waals surface area contributed by atoms with Crippen molar-refractivity contribution < 1.29 is 9.53 Å². The maximum atomic E-state index is 11.5. The lowest BCUT2D eigenvalue weighted by atomic mass is 9.89. The summed E-state index contributed by atoms with van der Waals surface area (Å²) >= 11 is 5.88. The molecule has 0 spiro atoms. The molecular formula is C12H18ClN5O2. The molecule has 0 radical (unpaired) electrons. The van der Waals surface area contributed by atoms with Gasteiger partial charge in [-0.25, -0.2) is 0 Å². The number of rotatable bonds is 5. The minimum Gasteiger partial charge on any atom is -0.463 e. The Morgan fingerprint density at radius 2 is 2.25 bits per heavy atom. The number of hydrogen-bond donors (Lipinski definition) is 1. The highest BCUT2D eigenvalue weighted by atomic mass is 35.5. The lowest BCUT2D eigenvalue weighted by molar-refractivity contribution is -0.125. The van der Waals surface area contributed by atoms with Crippen LogP contribution in [0.25, 0.3) is 0 Å². The van der Waals surface area contributed by atoms with Crippen molar-refractivity contribution >= 4 is 23.5 Å². The zero-order valence-electron chi connectivity index (χ0n) is 11.6. The first kappa shape index (κ1) is 14.8. The van der Waals surface area contributed by atoms with Crippen molar-refractivity contribution in [1.29, 1.82) is 0 Å². The maximum Gasteiger partial charge on any atom is 0.322 e. The van der Waals surface area contributed by atoms with Gasteiger partial charge in [-0.3, -0.25) is 4.79 Å². The number of carbonyl (C=O) groups excluding carboxylic acids is 1. The van der Waals surface area contributed by atoms with Crippen molar-refractivity contribution in [1.82, 2.24) is 15.0 Å². The summed E-state index contributed by atoms with van der Waals surface area (Å²) in [6.07, 6.45) is 1.51. The molecule has 1 aliphatic heterocycles. The molecule has 1 aromatic rings. The van der Waals surface area contributed by atoms with Crippen LogP contribution in [-0.4, -0.2) is 40.6 Å². The van der Waals surface area contributed by atoms with E-state index in [0.29, 0.717) is 32.1 Å². The quantitative estimate of drug-likeness (QED) is 0.872. The van der Waals surface area contributed by atoms with E-state index in [-0.39, 0.29) is 17.2 Å². The summed E-state index contributed by atoms with van der Waals surface area (Å²) in [7, 11) is 0. The van der Waals surface area contributed by atoms with Gasteiger partial charge in [0.2, 0.25) is 17.1 Å². The molecule has 110 valence electrons. The number of hydrogen-bond acceptors (Lipinski definition) is 6. The van der Waals surface area contributed by atoms with Crippen molar-refractivity contribution in [3.63, 3.8) is 0 Å². The largest absolute Gasteiger partial charge is 0.463 e. The van der Waals surface area contributed by atoms with Crippen molar-refractivity contribution in [2.45, 2.75) is 26.7 Å². The third-order valence-electron chi connectivity index (χ3n) is 3.36. The summed E-state index contributed by atoms with van der Waals surface area (Å²) in [5.74, 6) is 0.101. The maximum absolute atomic E-state index is 11.5. The fourth-order valence-corrected chi connectivity index (χ4v) is 2.20. The molecule has 7 nitrogen and oxygen atoms in total. The zero-order chi connectivity index (χ0) is 14.8. The number of halogens is 1. The van der Waals surface area contributed by atoms with E-state index in [9.17, 15) is 4.79 Å². The van der Waals surface area contributed by atoms with Crippen LogP contribution >= 0.6 is 11.6 Å². The Kier molecular flexibility index (Phi) is 4.27. The first-order chi connectivity index (χ1) is 9.44. The number of nitrogens with two attached hydrogens (primary N) is 1. The molecule has 2 N–H and O–H groups in total. The van der Waals surface area contributed by atoms with Gasteiger partial charge >= 0.3 is 6.01 Å². The topological polar surface area (TPSA) is 94.2 Å². The lowest BCUT2D eigenvalue weighted by Gasteiger charge is -2.21. The predicted octanol–water partition coefficient (Wildman–Crippen LogP) is 1.02. The van der Waals surface area contributed by atoms with Gasteiger partial charge in [-0.15, -0.1) is 0 Å². The molecule has 1 amide bonds. The van der Waals surface area contributed by atoms with E-state index in [4.69, 9.17) is 22.1 Å². The van der Waals surface area contributed by atoms with E-state index >= 15 is 0 Å². The second-order valence-electron chi connectivity index (χ2n) is 5.13. The fourth-order valence-electron chi connectivity index (χ4n) is 2.05. The van der Waals surface area contributed by atoms with Crippen LogP contribution in [0.1, 0.15) is 26.7 Å². The zero-order valence-corrected chi connectivity index (χ0v) is 12.4. The van der Waals surface area contributed by atoms with Crippen LogP contribution in [0.2, 0.25) is 5.28 Å². The second-order valence-corrected chi connectivity index (χ2v) is 5.47. The molecule has 2 rings (SSSR count). The molecule has 0 aliphatic carbocycles. The molecule has 8 heteroatoms. The summed E-state index contributed by atoms with van der Waals surface area (Å²) < 4.78 is 5.37. The molecule has 20 heavy (non-hydrogen) atoms. The molecule has 0 saturated carbocycles. The minimum absolute atomic E-state index is 0.0776. The number of primary amides is 1. The van der Waals surface area contributed by atoms with Gasteiger partial charge in [0.15, 0.2) is 0 Å². The number of ether oxygens (including phenoxy) is 1. The molecular weight excluding hydrogens is 282 g/mol. The monoisotopic (exact) mass is 299 g/mol. The molecule has 1 atom stereocenters. The average Bonchev–Trinajstić information content (AvgIpc) is 2.80. The molecule has 1 aliphatic rings. The summed E-state index contributed by atoms with van der Waals surface area (Å²) in [5.41, 5.74) is 4.86. The van der Waals surface area contributed by atoms with Crippen molar-refractivity contribution in [3.8, 4) is 6.01 Å². The fraction of sp³-hybridized carbons (Fsp3) is 0.667. The smallest absolute Gasteiger partial charge is 0.322 e. The van der Waals surface area contributed by atoms with E-state index in [1.54, 1.807) is 0 Å². The molecule has 1 unspecified atom stereocenters. The minimum atomic E-state index is -0.566. The Hall–Kier alpha value is -1.63. The summed E-state index contributed by atoms with van der Waals surface area (Å²) in [4.78, 5) is 25.6. The number of nitrogens with zero attached hydrogens (tertiary/aromatic N) is 4. The Morgan fingerprint density at radius 1 is 1.50 bits per heavy atom. The van der Waals surface area contributed by atoms with Crippen molar-refractivity contribution in [3.05, 3.63) is 5.28 Å². The van der Waals surface area contributed by atoms with E-state index in [2.05, 4.69) is 15.0 Å². The van der Waals surface area contributed by atoms with Crippen LogP contribution in [0.3, 0.4) is 0 Å². The summed E-state index contributed by atoms with van der Waals surface area (Å²) in [6, 6.07) is 0.203. The molecule has 1 saturated heterocycles. The van der Waals surface area contributed by atoms with Gasteiger partial charge in [-0.05, 0) is 31.4 Å². The highest BCUT2D eigenvalue weighted by Gasteiger charge is 2.40. The van der Waals surface area contributed by atoms with Crippen LogP contribution in [-0.2, 0) is 4.79 Å². The van der Waals surface area contributed by atoms with Gasteiger partial charge in [-0.2, -0.15) is 15.0 Å². The summed E-state index contributed by atoms with van der Waals surface area (Å²) in [6.45, 7) is 5.46. The normalized spacial score (nSPS) is 22.1. The third-order valence-corrected chi connectivity index (χ3v) is 3.53. The van der Waals surface area contributed by atoms with Gasteiger partial charge < -0.3 is 15.4 Å². The van der Waals surface area contributed by atoms with Crippen molar-refractivity contribution in [2.75, 3.05) is 24.6 Å². The Morgan fingerprint density at radius 3 is 2.85 bits per heavy atom. The van der Waals surface area contributed by atoms with Gasteiger partial charge in [0.25, 0.3) is 0 Å². The Balaban J connectivity index is 2.17. The second kappa shape index (κ2) is 5.78. The van der Waals surface area contributed by atoms with Crippen LogP contribution in [0, 0.1) is 5.41 Å². The van der Waals surface area contributed by atoms with Gasteiger partial charge in [0.1, 0.15) is 0 Å². The molecule has 0 aromatic carbocycles. The number of aromatic nitrogens is 3. The van der Waals surface area contributed by atoms with Crippen LogP contribution in [0.15, 0.2) is 0 Å². The SMILES string of the molecule is CCCOc1nc(Cl)nc(N2CCC(C)(C(N)=O)C2)n1. The van der Waals surface area contributed by atoms with Crippen LogP contribution < -0.4 is 15.4 Å². The van der Waals surface area contributed by atoms with E-state index < -0.39 is 5.41 Å². The Bertz CT molecular complexity index is 513. The average molecular weight is 300 g/mol. The molecule has 2 heterocycles. The molecule has 1 aromatic heterocycles. The highest BCUT2D eigenvalue weighted by Crippen LogP contribution is 2.32. The first-order valence-electron chi connectivity index (χ1n) is 6.54. The third kappa shape index (κ3) is 3.09. The van der Waals surface area contributed by atoms with Gasteiger partial charge in [0, 0.05) is 13.1 Å². The molecule has 0 bridgehead atoms. The van der Waals surface area contributed by atoms with E-state index in [1.165, 1.54) is 0 Å². The number of anilines is 1. The summed E-state index contributed by atoms with van der Waals surface area (Å²) in [5, 5.41) is 0.0776. The van der Waals surface area contributed by atoms with Gasteiger partial charge in [0.05, 0.1) is 12.0 Å². The van der Waals surface area contributed by atoms with Crippen molar-refractivity contribution in [2.24, 2.45) is 11.1 Å². The van der Waals surface area contributed by atoms with Gasteiger partial charge in [-0.1, -0.05) is 6.92 Å². The van der Waals surface area contributed by atoms with Crippen LogP contribution in [0.5, 0.6) is 6.01 Å².